The molecule has 0 bridgehead atoms. The molecule has 1 aliphatic heterocycles. The van der Waals surface area contributed by atoms with Crippen LogP contribution in [0.25, 0.3) is 0 Å². The van der Waals surface area contributed by atoms with E-state index in [4.69, 9.17) is 22.1 Å². The number of carbonyl (C=O) groups is 1. The maximum atomic E-state index is 10.7. The molecule has 1 fully saturated rings. The van der Waals surface area contributed by atoms with Crippen LogP contribution in [-0.2, 0) is 11.3 Å². The van der Waals surface area contributed by atoms with Crippen LogP contribution in [-0.4, -0.2) is 30.2 Å². The summed E-state index contributed by atoms with van der Waals surface area (Å²) in [5.41, 5.74) is 6.21. The molecule has 0 saturated carbocycles. The van der Waals surface area contributed by atoms with E-state index in [-0.39, 0.29) is 6.10 Å². The number of carbonyl (C=O) groups excluding carboxylic acids is 1. The molecule has 5 heteroatoms. The van der Waals surface area contributed by atoms with Crippen molar-refractivity contribution < 1.29 is 9.53 Å². The average Bonchev–Trinajstić information content (AvgIpc) is 2.28. The van der Waals surface area contributed by atoms with Crippen LogP contribution in [0.3, 0.4) is 0 Å². The Balaban J connectivity index is 1.91. The predicted molar refractivity (Wildman–Crippen MR) is 70.4 cm³/mol. The van der Waals surface area contributed by atoms with Gasteiger partial charge in [-0.05, 0) is 37.1 Å². The molecule has 4 nitrogen and oxygen atoms in total. The summed E-state index contributed by atoms with van der Waals surface area (Å²) in [5.74, 6) is 0. The zero-order valence-electron chi connectivity index (χ0n) is 10.1. The van der Waals surface area contributed by atoms with Gasteiger partial charge in [-0.2, -0.15) is 0 Å². The number of likely N-dealkylation sites (tertiary alicyclic amines) is 1. The minimum atomic E-state index is -0.690. The van der Waals surface area contributed by atoms with Crippen LogP contribution in [0.4, 0.5) is 4.79 Å². The molecular formula is C13H17ClN2O2. The Morgan fingerprint density at radius 1 is 1.56 bits per heavy atom. The lowest BCUT2D eigenvalue weighted by Crippen LogP contribution is -2.40. The van der Waals surface area contributed by atoms with Crippen molar-refractivity contribution in [1.82, 2.24) is 4.90 Å². The second kappa shape index (κ2) is 6.07. The van der Waals surface area contributed by atoms with E-state index in [1.54, 1.807) is 0 Å². The molecule has 0 unspecified atom stereocenters. The second-order valence-corrected chi connectivity index (χ2v) is 5.00. The van der Waals surface area contributed by atoms with Gasteiger partial charge in [0, 0.05) is 18.1 Å². The number of nitrogens with zero attached hydrogens (tertiary/aromatic N) is 1. The highest BCUT2D eigenvalue weighted by molar-refractivity contribution is 6.30. The van der Waals surface area contributed by atoms with E-state index in [0.717, 1.165) is 37.5 Å². The molecule has 18 heavy (non-hydrogen) atoms. The van der Waals surface area contributed by atoms with Crippen LogP contribution in [0.5, 0.6) is 0 Å². The van der Waals surface area contributed by atoms with Crippen LogP contribution in [0.1, 0.15) is 18.4 Å². The van der Waals surface area contributed by atoms with E-state index in [1.165, 1.54) is 5.56 Å². The topological polar surface area (TPSA) is 55.6 Å². The van der Waals surface area contributed by atoms with Crippen molar-refractivity contribution >= 4 is 17.7 Å². The number of primary amides is 1. The molecule has 98 valence electrons. The van der Waals surface area contributed by atoms with E-state index in [1.807, 2.05) is 24.3 Å². The highest BCUT2D eigenvalue weighted by atomic mass is 35.5. The van der Waals surface area contributed by atoms with Crippen LogP contribution in [0.2, 0.25) is 5.02 Å². The second-order valence-electron chi connectivity index (χ2n) is 4.57. The van der Waals surface area contributed by atoms with Gasteiger partial charge in [-0.3, -0.25) is 4.90 Å². The molecule has 0 spiro atoms. The van der Waals surface area contributed by atoms with Gasteiger partial charge in [0.2, 0.25) is 0 Å². The van der Waals surface area contributed by atoms with Crippen LogP contribution >= 0.6 is 11.6 Å². The number of hydrogen-bond acceptors (Lipinski definition) is 3. The quantitative estimate of drug-likeness (QED) is 0.916. The van der Waals surface area contributed by atoms with E-state index < -0.39 is 6.09 Å². The Labute approximate surface area is 112 Å². The molecule has 1 aromatic rings. The number of ether oxygens (including phenoxy) is 1. The van der Waals surface area contributed by atoms with Gasteiger partial charge in [0.15, 0.2) is 0 Å². The minimum Gasteiger partial charge on any atom is -0.445 e. The summed E-state index contributed by atoms with van der Waals surface area (Å²) in [5, 5.41) is 0.745. The minimum absolute atomic E-state index is 0.0876. The third kappa shape index (κ3) is 3.89. The zero-order chi connectivity index (χ0) is 13.0. The highest BCUT2D eigenvalue weighted by Crippen LogP contribution is 2.17. The third-order valence-corrected chi connectivity index (χ3v) is 3.28. The molecule has 1 aliphatic rings. The van der Waals surface area contributed by atoms with Gasteiger partial charge in [0.25, 0.3) is 0 Å². The smallest absolute Gasteiger partial charge is 0.404 e. The van der Waals surface area contributed by atoms with Gasteiger partial charge in [-0.15, -0.1) is 0 Å². The lowest BCUT2D eigenvalue weighted by Gasteiger charge is -2.31. The first-order valence-corrected chi connectivity index (χ1v) is 6.44. The van der Waals surface area contributed by atoms with Crippen molar-refractivity contribution in [3.05, 3.63) is 34.9 Å². The molecule has 2 N–H and O–H groups in total. The molecule has 1 saturated heterocycles. The molecule has 1 aromatic carbocycles. The Bertz CT molecular complexity index is 425. The monoisotopic (exact) mass is 268 g/mol. The van der Waals surface area contributed by atoms with Gasteiger partial charge >= 0.3 is 6.09 Å². The summed E-state index contributed by atoms with van der Waals surface area (Å²) in [6.07, 6.45) is 1.12. The number of halogens is 1. The van der Waals surface area contributed by atoms with Gasteiger partial charge in [0.05, 0.1) is 0 Å². The number of rotatable bonds is 3. The number of piperidine rings is 1. The molecular weight excluding hydrogens is 252 g/mol. The average molecular weight is 269 g/mol. The van der Waals surface area contributed by atoms with Crippen LogP contribution < -0.4 is 5.73 Å². The lowest BCUT2D eigenvalue weighted by molar-refractivity contribution is 0.0447. The first kappa shape index (κ1) is 13.2. The first-order valence-electron chi connectivity index (χ1n) is 6.06. The van der Waals surface area contributed by atoms with Crippen LogP contribution in [0.15, 0.2) is 24.3 Å². The van der Waals surface area contributed by atoms with Gasteiger partial charge in [-0.1, -0.05) is 23.7 Å². The van der Waals surface area contributed by atoms with Crippen molar-refractivity contribution in [2.45, 2.75) is 25.5 Å². The predicted octanol–water partition coefficient (Wildman–Crippen LogP) is 2.40. The Kier molecular flexibility index (Phi) is 4.44. The van der Waals surface area contributed by atoms with Crippen molar-refractivity contribution in [2.75, 3.05) is 13.1 Å². The normalized spacial score (nSPS) is 20.6. The lowest BCUT2D eigenvalue weighted by atomic mass is 10.1. The number of nitrogens with two attached hydrogens (primary N) is 1. The van der Waals surface area contributed by atoms with E-state index >= 15 is 0 Å². The van der Waals surface area contributed by atoms with Crippen molar-refractivity contribution in [2.24, 2.45) is 5.73 Å². The van der Waals surface area contributed by atoms with Gasteiger partial charge in [-0.25, -0.2) is 4.79 Å². The maximum Gasteiger partial charge on any atom is 0.404 e. The van der Waals surface area contributed by atoms with Crippen molar-refractivity contribution in [1.29, 1.82) is 0 Å². The standard InChI is InChI=1S/C13H17ClN2O2/c14-11-4-1-3-10(7-11)8-16-6-2-5-12(9-16)18-13(15)17/h1,3-4,7,12H,2,5-6,8-9H2,(H2,15,17)/t12-/m0/s1. The molecule has 1 heterocycles. The fraction of sp³-hybridized carbons (Fsp3) is 0.462. The molecule has 1 atom stereocenters. The fourth-order valence-electron chi connectivity index (χ4n) is 2.31. The summed E-state index contributed by atoms with van der Waals surface area (Å²) < 4.78 is 5.05. The summed E-state index contributed by atoms with van der Waals surface area (Å²) in [7, 11) is 0. The third-order valence-electron chi connectivity index (χ3n) is 3.04. The van der Waals surface area contributed by atoms with E-state index in [0.29, 0.717) is 0 Å². The van der Waals surface area contributed by atoms with Crippen molar-refractivity contribution in [3.8, 4) is 0 Å². The molecule has 1 amide bonds. The SMILES string of the molecule is NC(=O)O[C@H]1CCCN(Cc2cccc(Cl)c2)C1. The Hall–Kier alpha value is -1.26. The van der Waals surface area contributed by atoms with E-state index in [9.17, 15) is 4.79 Å². The van der Waals surface area contributed by atoms with Gasteiger partial charge < -0.3 is 10.5 Å². The summed E-state index contributed by atoms with van der Waals surface area (Å²) in [4.78, 5) is 13.0. The Morgan fingerprint density at radius 3 is 3.11 bits per heavy atom. The molecule has 0 radical (unpaired) electrons. The molecule has 0 aliphatic carbocycles. The zero-order valence-corrected chi connectivity index (χ0v) is 10.9. The fourth-order valence-corrected chi connectivity index (χ4v) is 2.52. The number of hydrogen-bond donors (Lipinski definition) is 1. The van der Waals surface area contributed by atoms with Gasteiger partial charge in [0.1, 0.15) is 6.10 Å². The summed E-state index contributed by atoms with van der Waals surface area (Å²) >= 11 is 5.96. The number of amides is 1. The van der Waals surface area contributed by atoms with Crippen LogP contribution in [0, 0.1) is 0 Å². The highest BCUT2D eigenvalue weighted by Gasteiger charge is 2.22. The summed E-state index contributed by atoms with van der Waals surface area (Å²) in [6, 6.07) is 7.81. The van der Waals surface area contributed by atoms with E-state index in [2.05, 4.69) is 4.90 Å². The largest absolute Gasteiger partial charge is 0.445 e. The molecule has 0 aromatic heterocycles. The van der Waals surface area contributed by atoms with Crippen molar-refractivity contribution in [3.63, 3.8) is 0 Å². The Morgan fingerprint density at radius 2 is 2.39 bits per heavy atom. The first-order chi connectivity index (χ1) is 8.63. The number of benzene rings is 1. The maximum absolute atomic E-state index is 10.7. The summed E-state index contributed by atoms with van der Waals surface area (Å²) in [6.45, 7) is 2.56. The molecule has 2 rings (SSSR count).